The first-order valence-electron chi connectivity index (χ1n) is 22.7. The minimum absolute atomic E-state index is 0.252. The molecule has 320 valence electrons. The predicted octanol–water partition coefficient (Wildman–Crippen LogP) is 18.0. The van der Waals surface area contributed by atoms with Gasteiger partial charge in [0, 0.05) is 37.9 Å². The molecule has 0 saturated carbocycles. The summed E-state index contributed by atoms with van der Waals surface area (Å²) in [4.78, 5) is 0. The molecule has 0 bridgehead atoms. The number of furan rings is 3. The Labute approximate surface area is 387 Å². The van der Waals surface area contributed by atoms with Crippen molar-refractivity contribution in [2.24, 2.45) is 0 Å². The summed E-state index contributed by atoms with van der Waals surface area (Å²) >= 11 is 0. The van der Waals surface area contributed by atoms with Gasteiger partial charge in [-0.1, -0.05) is 133 Å². The highest BCUT2D eigenvalue weighted by Crippen LogP contribution is 2.43. The van der Waals surface area contributed by atoms with Crippen LogP contribution < -0.4 is 0 Å². The molecule has 1 N–H and O–H groups in total. The molecule has 13 aromatic rings. The molecule has 0 radical (unpaired) electrons. The molecule has 10 aromatic carbocycles. The van der Waals surface area contributed by atoms with Crippen molar-refractivity contribution in [1.29, 1.82) is 0 Å². The number of hydrogen-bond acceptors (Lipinski definition) is 4. The molecule has 0 atom stereocenters. The molecular formula is C63H44O4. The van der Waals surface area contributed by atoms with Gasteiger partial charge in [-0.25, -0.2) is 0 Å². The molecule has 13 rings (SSSR count). The molecule has 4 heteroatoms. The van der Waals surface area contributed by atoms with E-state index < -0.39 is 0 Å². The number of aromatic hydroxyl groups is 1. The van der Waals surface area contributed by atoms with Crippen LogP contribution in [0.3, 0.4) is 0 Å². The Bertz CT molecular complexity index is 4000. The van der Waals surface area contributed by atoms with E-state index in [9.17, 15) is 5.11 Å². The van der Waals surface area contributed by atoms with Crippen LogP contribution in [0.25, 0.3) is 121 Å². The first kappa shape index (κ1) is 40.0. The van der Waals surface area contributed by atoms with E-state index in [0.29, 0.717) is 0 Å². The molecule has 0 unspecified atom stereocenters. The third kappa shape index (κ3) is 7.20. The minimum atomic E-state index is 0.252. The van der Waals surface area contributed by atoms with E-state index in [0.717, 1.165) is 127 Å². The van der Waals surface area contributed by atoms with Crippen LogP contribution in [0.15, 0.2) is 220 Å². The first-order valence-corrected chi connectivity index (χ1v) is 22.7. The van der Waals surface area contributed by atoms with Gasteiger partial charge in [-0.15, -0.1) is 0 Å². The van der Waals surface area contributed by atoms with Gasteiger partial charge in [0.2, 0.25) is 0 Å². The van der Waals surface area contributed by atoms with E-state index >= 15 is 0 Å². The second-order valence-corrected chi connectivity index (χ2v) is 17.6. The lowest BCUT2D eigenvalue weighted by Gasteiger charge is -2.12. The highest BCUT2D eigenvalue weighted by molar-refractivity contribution is 6.16. The van der Waals surface area contributed by atoms with Crippen LogP contribution in [0, 0.1) is 20.8 Å². The average molecular weight is 865 g/mol. The zero-order chi connectivity index (χ0) is 45.2. The number of hydrogen-bond donors (Lipinski definition) is 1. The maximum atomic E-state index is 11.0. The maximum Gasteiger partial charge on any atom is 0.136 e. The summed E-state index contributed by atoms with van der Waals surface area (Å²) in [5, 5.41) is 17.3. The molecule has 0 amide bonds. The van der Waals surface area contributed by atoms with Crippen molar-refractivity contribution in [3.05, 3.63) is 223 Å². The lowest BCUT2D eigenvalue weighted by atomic mass is 9.93. The van der Waals surface area contributed by atoms with E-state index in [2.05, 4.69) is 172 Å². The largest absolute Gasteiger partial charge is 0.507 e. The van der Waals surface area contributed by atoms with Crippen LogP contribution in [-0.2, 0) is 0 Å². The van der Waals surface area contributed by atoms with Crippen LogP contribution in [0.2, 0.25) is 0 Å². The summed E-state index contributed by atoms with van der Waals surface area (Å²) in [5.74, 6) is 0.252. The van der Waals surface area contributed by atoms with E-state index in [4.69, 9.17) is 13.3 Å². The predicted molar refractivity (Wildman–Crippen MR) is 278 cm³/mol. The highest BCUT2D eigenvalue weighted by atomic mass is 16.3. The zero-order valence-corrected chi connectivity index (χ0v) is 37.3. The van der Waals surface area contributed by atoms with Crippen LogP contribution in [0.4, 0.5) is 0 Å². The molecule has 3 aromatic heterocycles. The first-order chi connectivity index (χ1) is 32.8. The number of benzene rings is 10. The second-order valence-electron chi connectivity index (χ2n) is 17.6. The smallest absolute Gasteiger partial charge is 0.136 e. The van der Waals surface area contributed by atoms with Crippen LogP contribution >= 0.6 is 0 Å². The fourth-order valence-electron chi connectivity index (χ4n) is 9.68. The summed E-state index contributed by atoms with van der Waals surface area (Å²) in [7, 11) is 0. The molecule has 4 nitrogen and oxygen atoms in total. The van der Waals surface area contributed by atoms with E-state index in [1.165, 1.54) is 11.1 Å². The Balaban J connectivity index is 0.000000616. The van der Waals surface area contributed by atoms with Gasteiger partial charge in [-0.2, -0.15) is 0 Å². The molecule has 0 aliphatic carbocycles. The van der Waals surface area contributed by atoms with Gasteiger partial charge in [0.15, 0.2) is 0 Å². The number of aryl methyl sites for hydroxylation is 3. The van der Waals surface area contributed by atoms with Gasteiger partial charge < -0.3 is 18.4 Å². The van der Waals surface area contributed by atoms with Crippen molar-refractivity contribution >= 4 is 65.8 Å². The van der Waals surface area contributed by atoms with E-state index in [-0.39, 0.29) is 5.75 Å². The summed E-state index contributed by atoms with van der Waals surface area (Å²) in [6.07, 6.45) is 0. The number of fused-ring (bicyclic) bond motifs is 9. The molecule has 0 aliphatic heterocycles. The monoisotopic (exact) mass is 864 g/mol. The fourth-order valence-corrected chi connectivity index (χ4v) is 9.68. The second kappa shape index (κ2) is 16.1. The quantitative estimate of drug-likeness (QED) is 0.187. The molecule has 0 fully saturated rings. The van der Waals surface area contributed by atoms with Crippen LogP contribution in [0.5, 0.6) is 5.75 Å². The lowest BCUT2D eigenvalue weighted by Crippen LogP contribution is -1.87. The standard InChI is InChI=1S/C56H36O4.C7H8/c1-32-22-53-46(28-41(32)38-14-9-15-39(24-38)43-25-36(16-19-50(43)57)34-10-5-3-6-11-34)48-30-56-49(31-55(48)59-53)47-29-42(33(2)23-54(47)60-56)40-18-21-52-45(27-40)44-26-37(17-20-51(44)58-52)35-12-7-4-8-13-35;1-7-5-3-2-4-6-7/h3-31,57H,1-2H3;2-6H,1H3. The summed E-state index contributed by atoms with van der Waals surface area (Å²) in [6, 6.07) is 71.1. The topological polar surface area (TPSA) is 59.7 Å². The number of phenolic OH excluding ortho intramolecular Hbond substituents is 1. The molecule has 0 aliphatic rings. The molecule has 3 heterocycles. The van der Waals surface area contributed by atoms with E-state index in [1.807, 2.05) is 48.5 Å². The van der Waals surface area contributed by atoms with Gasteiger partial charge in [0.1, 0.15) is 39.2 Å². The van der Waals surface area contributed by atoms with Gasteiger partial charge in [-0.3, -0.25) is 0 Å². The lowest BCUT2D eigenvalue weighted by molar-refractivity contribution is 0.477. The number of phenols is 1. The fraction of sp³-hybridized carbons (Fsp3) is 0.0476. The van der Waals surface area contributed by atoms with Crippen LogP contribution in [0.1, 0.15) is 16.7 Å². The Morgan fingerprint density at radius 1 is 0.269 bits per heavy atom. The van der Waals surface area contributed by atoms with Gasteiger partial charge in [0.05, 0.1) is 0 Å². The molecular weight excluding hydrogens is 821 g/mol. The number of rotatable bonds is 5. The zero-order valence-electron chi connectivity index (χ0n) is 37.3. The average Bonchev–Trinajstić information content (AvgIpc) is 4.02. The van der Waals surface area contributed by atoms with Crippen molar-refractivity contribution in [2.75, 3.05) is 0 Å². The van der Waals surface area contributed by atoms with Crippen molar-refractivity contribution in [2.45, 2.75) is 20.8 Å². The van der Waals surface area contributed by atoms with Crippen molar-refractivity contribution in [3.8, 4) is 61.4 Å². The van der Waals surface area contributed by atoms with Crippen molar-refractivity contribution in [3.63, 3.8) is 0 Å². The Hall–Kier alpha value is -8.60. The summed E-state index contributed by atoms with van der Waals surface area (Å²) in [6.45, 7) is 6.35. The SMILES string of the molecule is Cc1cc2oc3cc4c(cc3c2cc1-c1cccc(-c2cc(-c3ccccc3)ccc2O)c1)oc1cc(C)c(-c2ccc3oc5ccc(-c6ccccc6)cc5c3c2)cc14.Cc1ccccc1. The van der Waals surface area contributed by atoms with E-state index in [1.54, 1.807) is 6.07 Å². The normalized spacial score (nSPS) is 11.6. The molecule has 0 spiro atoms. The highest BCUT2D eigenvalue weighted by Gasteiger charge is 2.19. The third-order valence-corrected chi connectivity index (χ3v) is 13.2. The third-order valence-electron chi connectivity index (χ3n) is 13.2. The van der Waals surface area contributed by atoms with Crippen molar-refractivity contribution < 1.29 is 18.4 Å². The van der Waals surface area contributed by atoms with Crippen LogP contribution in [-0.4, -0.2) is 5.11 Å². The Morgan fingerprint density at radius 2 is 0.657 bits per heavy atom. The summed E-state index contributed by atoms with van der Waals surface area (Å²) < 4.78 is 19.5. The van der Waals surface area contributed by atoms with Gasteiger partial charge >= 0.3 is 0 Å². The maximum absolute atomic E-state index is 11.0. The van der Waals surface area contributed by atoms with Gasteiger partial charge in [0.25, 0.3) is 0 Å². The molecule has 0 saturated heterocycles. The minimum Gasteiger partial charge on any atom is -0.507 e. The Morgan fingerprint density at radius 3 is 1.19 bits per heavy atom. The molecule has 67 heavy (non-hydrogen) atoms. The Kier molecular flexibility index (Phi) is 9.62. The summed E-state index contributed by atoms with van der Waals surface area (Å²) in [5.41, 5.74) is 19.3. The van der Waals surface area contributed by atoms with Gasteiger partial charge in [-0.05, 0) is 161 Å². The van der Waals surface area contributed by atoms with Crippen molar-refractivity contribution in [1.82, 2.24) is 0 Å².